The second-order valence-electron chi connectivity index (χ2n) is 5.91. The molecule has 0 fully saturated rings. The van der Waals surface area contributed by atoms with Gasteiger partial charge in [-0.25, -0.2) is 13.8 Å². The lowest BCUT2D eigenvalue weighted by atomic mass is 10.2. The number of hydrogen-bond donors (Lipinski definition) is 0. The molecule has 140 valence electrons. The van der Waals surface area contributed by atoms with Gasteiger partial charge < -0.3 is 9.47 Å². The van der Waals surface area contributed by atoms with Gasteiger partial charge in [0.2, 0.25) is 5.88 Å². The van der Waals surface area contributed by atoms with Crippen LogP contribution in [0.5, 0.6) is 17.4 Å². The van der Waals surface area contributed by atoms with E-state index in [2.05, 4.69) is 9.97 Å². The molecule has 0 unspecified atom stereocenters. The number of halogens is 2. The Balaban J connectivity index is 1.78. The summed E-state index contributed by atoms with van der Waals surface area (Å²) < 4.78 is 38.0. The van der Waals surface area contributed by atoms with Gasteiger partial charge in [0.1, 0.15) is 11.6 Å². The van der Waals surface area contributed by atoms with Crippen LogP contribution in [-0.2, 0) is 5.75 Å². The number of methoxy groups -OCH3 is 1. The van der Waals surface area contributed by atoms with E-state index in [-0.39, 0.29) is 5.75 Å². The van der Waals surface area contributed by atoms with Crippen molar-refractivity contribution < 1.29 is 18.3 Å². The molecule has 1 heterocycles. The second-order valence-corrected chi connectivity index (χ2v) is 6.85. The van der Waals surface area contributed by atoms with Crippen LogP contribution in [0.1, 0.15) is 16.8 Å². The van der Waals surface area contributed by atoms with Gasteiger partial charge in [0.15, 0.2) is 16.7 Å². The Hall–Kier alpha value is -2.67. The number of benzene rings is 2. The van der Waals surface area contributed by atoms with Crippen LogP contribution in [0.2, 0.25) is 0 Å². The zero-order valence-corrected chi connectivity index (χ0v) is 15.9. The summed E-state index contributed by atoms with van der Waals surface area (Å²) >= 11 is 1.25. The van der Waals surface area contributed by atoms with Gasteiger partial charge in [-0.2, -0.15) is 4.98 Å². The molecule has 0 aliphatic carbocycles. The number of aromatic nitrogens is 2. The fourth-order valence-electron chi connectivity index (χ4n) is 2.38. The quantitative estimate of drug-likeness (QED) is 0.414. The summed E-state index contributed by atoms with van der Waals surface area (Å²) in [6.07, 6.45) is 0. The minimum atomic E-state index is -0.601. The van der Waals surface area contributed by atoms with Crippen LogP contribution >= 0.6 is 11.8 Å². The van der Waals surface area contributed by atoms with E-state index in [0.29, 0.717) is 33.8 Å². The number of hydrogen-bond acceptors (Lipinski definition) is 5. The topological polar surface area (TPSA) is 44.2 Å². The highest BCUT2D eigenvalue weighted by Crippen LogP contribution is 2.32. The molecule has 0 bridgehead atoms. The van der Waals surface area contributed by atoms with Crippen molar-refractivity contribution in [3.05, 3.63) is 70.9 Å². The zero-order chi connectivity index (χ0) is 19.4. The number of ether oxygens (including phenoxy) is 2. The van der Waals surface area contributed by atoms with E-state index in [4.69, 9.17) is 9.47 Å². The van der Waals surface area contributed by atoms with Crippen molar-refractivity contribution in [2.75, 3.05) is 7.11 Å². The first-order valence-electron chi connectivity index (χ1n) is 8.19. The molecule has 0 aliphatic heterocycles. The number of nitrogens with zero attached hydrogens (tertiary/aromatic N) is 2. The number of aryl methyl sites for hydroxylation is 2. The van der Waals surface area contributed by atoms with Crippen molar-refractivity contribution in [3.8, 4) is 17.4 Å². The molecule has 0 saturated carbocycles. The molecule has 0 amide bonds. The van der Waals surface area contributed by atoms with Gasteiger partial charge in [0.05, 0.1) is 7.11 Å². The van der Waals surface area contributed by atoms with Crippen LogP contribution < -0.4 is 9.47 Å². The second kappa shape index (κ2) is 8.35. The maximum absolute atomic E-state index is 13.8. The lowest BCUT2D eigenvalue weighted by molar-refractivity contribution is 0.372. The molecule has 3 rings (SSSR count). The van der Waals surface area contributed by atoms with E-state index in [1.165, 1.54) is 23.9 Å². The van der Waals surface area contributed by atoms with Crippen LogP contribution in [-0.4, -0.2) is 17.1 Å². The predicted molar refractivity (Wildman–Crippen MR) is 100 cm³/mol. The van der Waals surface area contributed by atoms with E-state index in [9.17, 15) is 8.78 Å². The number of thioether (sulfide) groups is 1. The summed E-state index contributed by atoms with van der Waals surface area (Å²) in [6.45, 7) is 3.79. The monoisotopic (exact) mass is 388 g/mol. The lowest BCUT2D eigenvalue weighted by Gasteiger charge is -2.11. The molecule has 3 aromatic rings. The highest BCUT2D eigenvalue weighted by Gasteiger charge is 2.11. The average molecular weight is 388 g/mol. The summed E-state index contributed by atoms with van der Waals surface area (Å²) in [6, 6.07) is 10.8. The Kier molecular flexibility index (Phi) is 5.91. The SMILES string of the molecule is COc1cc(C)ccc1Oc1cc(C)nc(SCc2ccc(F)cc2F)n1. The third kappa shape index (κ3) is 4.95. The van der Waals surface area contributed by atoms with Crippen molar-refractivity contribution in [1.29, 1.82) is 0 Å². The van der Waals surface area contributed by atoms with E-state index >= 15 is 0 Å². The molecule has 1 aromatic heterocycles. The highest BCUT2D eigenvalue weighted by atomic mass is 32.2. The summed E-state index contributed by atoms with van der Waals surface area (Å²) in [5, 5.41) is 0.444. The Morgan fingerprint density at radius 1 is 0.963 bits per heavy atom. The third-order valence-electron chi connectivity index (χ3n) is 3.72. The molecule has 0 spiro atoms. The molecule has 2 aromatic carbocycles. The molecule has 0 radical (unpaired) electrons. The van der Waals surface area contributed by atoms with E-state index in [1.807, 2.05) is 32.0 Å². The van der Waals surface area contributed by atoms with Crippen molar-refractivity contribution in [1.82, 2.24) is 9.97 Å². The standard InChI is InChI=1S/C20H18F2N2O2S/c1-12-4-7-17(18(8-12)25-3)26-19-9-13(2)23-20(24-19)27-11-14-5-6-15(21)10-16(14)22/h4-10H,11H2,1-3H3. The first-order valence-corrected chi connectivity index (χ1v) is 9.18. The van der Waals surface area contributed by atoms with Crippen molar-refractivity contribution in [2.45, 2.75) is 24.8 Å². The van der Waals surface area contributed by atoms with Gasteiger partial charge in [0.25, 0.3) is 0 Å². The molecule has 0 aliphatic rings. The van der Waals surface area contributed by atoms with Crippen LogP contribution in [0.15, 0.2) is 47.6 Å². The zero-order valence-electron chi connectivity index (χ0n) is 15.1. The molecular weight excluding hydrogens is 370 g/mol. The summed E-state index contributed by atoms with van der Waals surface area (Å²) in [5.74, 6) is 0.609. The largest absolute Gasteiger partial charge is 0.493 e. The normalized spacial score (nSPS) is 10.7. The van der Waals surface area contributed by atoms with Crippen molar-refractivity contribution in [3.63, 3.8) is 0 Å². The summed E-state index contributed by atoms with van der Waals surface area (Å²) in [7, 11) is 1.57. The van der Waals surface area contributed by atoms with Gasteiger partial charge in [-0.15, -0.1) is 0 Å². The Labute approximate surface area is 160 Å². The fourth-order valence-corrected chi connectivity index (χ4v) is 3.26. The average Bonchev–Trinajstić information content (AvgIpc) is 2.62. The first kappa shape index (κ1) is 19.1. The van der Waals surface area contributed by atoms with Crippen LogP contribution in [0.3, 0.4) is 0 Å². The molecular formula is C20H18F2N2O2S. The lowest BCUT2D eigenvalue weighted by Crippen LogP contribution is -1.97. The van der Waals surface area contributed by atoms with Crippen LogP contribution in [0, 0.1) is 25.5 Å². The minimum absolute atomic E-state index is 0.281. The molecule has 4 nitrogen and oxygen atoms in total. The Morgan fingerprint density at radius 2 is 1.78 bits per heavy atom. The number of rotatable bonds is 6. The van der Waals surface area contributed by atoms with Crippen molar-refractivity contribution in [2.24, 2.45) is 0 Å². The smallest absolute Gasteiger partial charge is 0.223 e. The maximum atomic E-state index is 13.8. The molecule has 0 N–H and O–H groups in total. The van der Waals surface area contributed by atoms with Gasteiger partial charge in [0, 0.05) is 23.6 Å². The molecule has 0 atom stereocenters. The third-order valence-corrected chi connectivity index (χ3v) is 4.61. The molecule has 7 heteroatoms. The van der Waals surface area contributed by atoms with E-state index in [0.717, 1.165) is 11.6 Å². The Morgan fingerprint density at radius 3 is 2.52 bits per heavy atom. The van der Waals surface area contributed by atoms with Crippen LogP contribution in [0.25, 0.3) is 0 Å². The maximum Gasteiger partial charge on any atom is 0.223 e. The van der Waals surface area contributed by atoms with E-state index < -0.39 is 11.6 Å². The fraction of sp³-hybridized carbons (Fsp3) is 0.200. The van der Waals surface area contributed by atoms with E-state index in [1.54, 1.807) is 13.2 Å². The van der Waals surface area contributed by atoms with Crippen molar-refractivity contribution >= 4 is 11.8 Å². The Bertz CT molecular complexity index is 967. The highest BCUT2D eigenvalue weighted by molar-refractivity contribution is 7.98. The van der Waals surface area contributed by atoms with Gasteiger partial charge in [-0.05, 0) is 43.2 Å². The summed E-state index contributed by atoms with van der Waals surface area (Å²) in [5.41, 5.74) is 2.15. The molecule has 27 heavy (non-hydrogen) atoms. The predicted octanol–water partition coefficient (Wildman–Crippen LogP) is 5.46. The minimum Gasteiger partial charge on any atom is -0.493 e. The summed E-state index contributed by atoms with van der Waals surface area (Å²) in [4.78, 5) is 8.71. The van der Waals surface area contributed by atoms with Gasteiger partial charge >= 0.3 is 0 Å². The van der Waals surface area contributed by atoms with Gasteiger partial charge in [-0.3, -0.25) is 0 Å². The van der Waals surface area contributed by atoms with Gasteiger partial charge in [-0.1, -0.05) is 23.9 Å². The first-order chi connectivity index (χ1) is 12.9. The van der Waals surface area contributed by atoms with Crippen LogP contribution in [0.4, 0.5) is 8.78 Å². The molecule has 0 saturated heterocycles.